The minimum Gasteiger partial charge on any atom is -0.385 e. The Morgan fingerprint density at radius 1 is 0.939 bits per heavy atom. The number of aromatic nitrogens is 1. The summed E-state index contributed by atoms with van der Waals surface area (Å²) in [6, 6.07) is 9.86. The van der Waals surface area contributed by atoms with Crippen molar-refractivity contribution in [2.45, 2.75) is 12.8 Å². The lowest BCUT2D eigenvalue weighted by atomic mass is 10.0. The number of pyridine rings is 1. The molecule has 2 aliphatic heterocycles. The van der Waals surface area contributed by atoms with Gasteiger partial charge in [0, 0.05) is 58.2 Å². The first kappa shape index (κ1) is 22.6. The summed E-state index contributed by atoms with van der Waals surface area (Å²) in [5.74, 6) is -1.10. The van der Waals surface area contributed by atoms with Crippen molar-refractivity contribution in [2.24, 2.45) is 0 Å². The van der Waals surface area contributed by atoms with E-state index >= 15 is 0 Å². The van der Waals surface area contributed by atoms with Gasteiger partial charge in [0.1, 0.15) is 5.69 Å². The van der Waals surface area contributed by atoms with Crippen molar-refractivity contribution in [3.63, 3.8) is 0 Å². The Balaban J connectivity index is 1.44. The van der Waals surface area contributed by atoms with E-state index in [4.69, 9.17) is 4.74 Å². The highest BCUT2D eigenvalue weighted by atomic mass is 16.5. The Morgan fingerprint density at radius 2 is 1.67 bits per heavy atom. The zero-order chi connectivity index (χ0) is 23.4. The van der Waals surface area contributed by atoms with E-state index in [1.54, 1.807) is 53.4 Å². The van der Waals surface area contributed by atoms with Gasteiger partial charge in [0.05, 0.1) is 11.1 Å². The second kappa shape index (κ2) is 9.91. The number of benzene rings is 1. The molecule has 1 aromatic carbocycles. The van der Waals surface area contributed by atoms with Crippen molar-refractivity contribution in [3.8, 4) is 0 Å². The van der Waals surface area contributed by atoms with Crippen LogP contribution < -0.4 is 0 Å². The Labute approximate surface area is 191 Å². The molecule has 1 fully saturated rings. The second-order valence-corrected chi connectivity index (χ2v) is 8.02. The van der Waals surface area contributed by atoms with Gasteiger partial charge in [0.15, 0.2) is 0 Å². The molecular weight excluding hydrogens is 424 g/mol. The number of amides is 4. The number of ether oxygens (including phenoxy) is 1. The molecule has 172 valence electrons. The summed E-state index contributed by atoms with van der Waals surface area (Å²) >= 11 is 0. The fourth-order valence-corrected chi connectivity index (χ4v) is 4.15. The van der Waals surface area contributed by atoms with Gasteiger partial charge < -0.3 is 14.5 Å². The van der Waals surface area contributed by atoms with Crippen molar-refractivity contribution in [1.82, 2.24) is 19.7 Å². The second-order valence-electron chi connectivity index (χ2n) is 8.02. The predicted octanol–water partition coefficient (Wildman–Crippen LogP) is 1.70. The number of nitrogens with zero attached hydrogens (tertiary/aromatic N) is 4. The standard InChI is InChI=1S/C24H26N4O5/c1-33-15-5-12-28-22(30)18-8-7-17(16-19(18)23(28)31)21(29)26-10-4-11-27(14-13-26)24(32)20-6-2-3-9-25-20/h2-3,6-9,16H,4-5,10-15H2,1H3. The topological polar surface area (TPSA) is 100 Å². The summed E-state index contributed by atoms with van der Waals surface area (Å²) in [5.41, 5.74) is 1.31. The van der Waals surface area contributed by atoms with Crippen molar-refractivity contribution in [1.29, 1.82) is 0 Å². The predicted molar refractivity (Wildman–Crippen MR) is 119 cm³/mol. The highest BCUT2D eigenvalue weighted by molar-refractivity contribution is 6.22. The summed E-state index contributed by atoms with van der Waals surface area (Å²) in [6.45, 7) is 2.54. The monoisotopic (exact) mass is 450 g/mol. The van der Waals surface area contributed by atoms with Gasteiger partial charge in [0.25, 0.3) is 23.6 Å². The van der Waals surface area contributed by atoms with Gasteiger partial charge >= 0.3 is 0 Å². The van der Waals surface area contributed by atoms with Gasteiger partial charge in [-0.2, -0.15) is 0 Å². The van der Waals surface area contributed by atoms with Crippen LogP contribution in [0.5, 0.6) is 0 Å². The van der Waals surface area contributed by atoms with Crippen LogP contribution in [0, 0.1) is 0 Å². The van der Waals surface area contributed by atoms with Crippen molar-refractivity contribution in [3.05, 3.63) is 65.0 Å². The van der Waals surface area contributed by atoms with Gasteiger partial charge in [-0.05, 0) is 43.2 Å². The van der Waals surface area contributed by atoms with Gasteiger partial charge in [-0.1, -0.05) is 6.07 Å². The number of hydrogen-bond acceptors (Lipinski definition) is 6. The molecule has 4 amide bonds. The lowest BCUT2D eigenvalue weighted by Crippen LogP contribution is -2.37. The van der Waals surface area contributed by atoms with Crippen LogP contribution in [0.1, 0.15) is 54.4 Å². The van der Waals surface area contributed by atoms with E-state index in [-0.39, 0.29) is 35.7 Å². The van der Waals surface area contributed by atoms with Gasteiger partial charge in [0.2, 0.25) is 0 Å². The van der Waals surface area contributed by atoms with Gasteiger partial charge in [-0.15, -0.1) is 0 Å². The van der Waals surface area contributed by atoms with Crippen LogP contribution in [0.3, 0.4) is 0 Å². The number of rotatable bonds is 6. The molecule has 0 N–H and O–H groups in total. The maximum Gasteiger partial charge on any atom is 0.272 e. The van der Waals surface area contributed by atoms with E-state index in [9.17, 15) is 19.2 Å². The zero-order valence-electron chi connectivity index (χ0n) is 18.5. The zero-order valence-corrected chi connectivity index (χ0v) is 18.5. The van der Waals surface area contributed by atoms with E-state index in [2.05, 4.69) is 4.98 Å². The summed E-state index contributed by atoms with van der Waals surface area (Å²) in [4.78, 5) is 59.9. The summed E-state index contributed by atoms with van der Waals surface area (Å²) in [5, 5.41) is 0. The first-order chi connectivity index (χ1) is 16.0. The highest BCUT2D eigenvalue weighted by Crippen LogP contribution is 2.25. The molecule has 0 saturated carbocycles. The lowest BCUT2D eigenvalue weighted by Gasteiger charge is -2.22. The van der Waals surface area contributed by atoms with E-state index in [0.717, 1.165) is 0 Å². The molecule has 0 aliphatic carbocycles. The molecule has 0 unspecified atom stereocenters. The molecule has 2 aliphatic rings. The molecule has 3 heterocycles. The molecule has 2 aromatic rings. The number of methoxy groups -OCH3 is 1. The number of imide groups is 1. The van der Waals surface area contributed by atoms with Crippen molar-refractivity contribution < 1.29 is 23.9 Å². The van der Waals surface area contributed by atoms with Crippen LogP contribution in [0.2, 0.25) is 0 Å². The number of carbonyl (C=O) groups is 4. The molecule has 9 heteroatoms. The fourth-order valence-electron chi connectivity index (χ4n) is 4.15. The first-order valence-electron chi connectivity index (χ1n) is 11.0. The van der Waals surface area contributed by atoms with E-state index < -0.39 is 0 Å². The number of hydrogen-bond donors (Lipinski definition) is 0. The third-order valence-electron chi connectivity index (χ3n) is 5.90. The minimum absolute atomic E-state index is 0.153. The van der Waals surface area contributed by atoms with Crippen LogP contribution in [0.25, 0.3) is 0 Å². The summed E-state index contributed by atoms with van der Waals surface area (Å²) in [7, 11) is 1.57. The summed E-state index contributed by atoms with van der Waals surface area (Å²) < 4.78 is 5.00. The van der Waals surface area contributed by atoms with Crippen LogP contribution in [0.4, 0.5) is 0 Å². The van der Waals surface area contributed by atoms with Gasteiger partial charge in [-0.25, -0.2) is 0 Å². The quantitative estimate of drug-likeness (QED) is 0.491. The average Bonchev–Trinajstić information content (AvgIpc) is 3.01. The first-order valence-corrected chi connectivity index (χ1v) is 11.0. The minimum atomic E-state index is -0.385. The Bertz CT molecular complexity index is 1070. The normalized spacial score (nSPS) is 16.1. The Morgan fingerprint density at radius 3 is 2.36 bits per heavy atom. The SMILES string of the molecule is COCCCN1C(=O)c2ccc(C(=O)N3CCCN(C(=O)c4ccccn4)CC3)cc2C1=O. The van der Waals surface area contributed by atoms with E-state index in [1.165, 1.54) is 11.0 Å². The van der Waals surface area contributed by atoms with Crippen molar-refractivity contribution in [2.75, 3.05) is 46.4 Å². The number of carbonyl (C=O) groups excluding carboxylic acids is 4. The largest absolute Gasteiger partial charge is 0.385 e. The summed E-state index contributed by atoms with van der Waals surface area (Å²) in [6.07, 6.45) is 2.77. The lowest BCUT2D eigenvalue weighted by molar-refractivity contribution is 0.0637. The molecule has 0 spiro atoms. The number of fused-ring (bicyclic) bond motifs is 1. The van der Waals surface area contributed by atoms with E-state index in [0.29, 0.717) is 62.4 Å². The highest BCUT2D eigenvalue weighted by Gasteiger charge is 2.36. The third-order valence-corrected chi connectivity index (χ3v) is 5.90. The smallest absolute Gasteiger partial charge is 0.272 e. The molecule has 4 rings (SSSR count). The average molecular weight is 450 g/mol. The molecule has 0 radical (unpaired) electrons. The molecule has 1 saturated heterocycles. The molecule has 0 bridgehead atoms. The molecular formula is C24H26N4O5. The van der Waals surface area contributed by atoms with Crippen LogP contribution >= 0.6 is 0 Å². The fraction of sp³-hybridized carbons (Fsp3) is 0.375. The molecule has 9 nitrogen and oxygen atoms in total. The maximum atomic E-state index is 13.2. The molecule has 0 atom stereocenters. The Kier molecular flexibility index (Phi) is 6.79. The molecule has 33 heavy (non-hydrogen) atoms. The van der Waals surface area contributed by atoms with Crippen LogP contribution in [0.15, 0.2) is 42.6 Å². The van der Waals surface area contributed by atoms with Crippen LogP contribution in [-0.2, 0) is 4.74 Å². The van der Waals surface area contributed by atoms with Crippen LogP contribution in [-0.4, -0.2) is 89.8 Å². The molecule has 1 aromatic heterocycles. The van der Waals surface area contributed by atoms with Crippen molar-refractivity contribution >= 4 is 23.6 Å². The van der Waals surface area contributed by atoms with E-state index in [1.807, 2.05) is 0 Å². The third kappa shape index (κ3) is 4.63. The Hall–Kier alpha value is -3.59. The maximum absolute atomic E-state index is 13.2. The van der Waals surface area contributed by atoms with Gasteiger partial charge in [-0.3, -0.25) is 29.1 Å².